The van der Waals surface area contributed by atoms with Crippen molar-refractivity contribution in [3.05, 3.63) is 29.3 Å². The van der Waals surface area contributed by atoms with Gasteiger partial charge in [-0.2, -0.15) is 4.31 Å². The van der Waals surface area contributed by atoms with Crippen molar-refractivity contribution in [3.63, 3.8) is 0 Å². The largest absolute Gasteiger partial charge is 0.373 e. The lowest BCUT2D eigenvalue weighted by Gasteiger charge is -2.35. The fourth-order valence-corrected chi connectivity index (χ4v) is 6.86. The molecule has 2 saturated heterocycles. The van der Waals surface area contributed by atoms with Crippen LogP contribution in [0.4, 0.5) is 0 Å². The molecule has 0 saturated carbocycles. The number of carbonyl (C=O) groups is 1. The van der Waals surface area contributed by atoms with Crippen molar-refractivity contribution in [1.82, 2.24) is 14.5 Å². The van der Waals surface area contributed by atoms with Crippen LogP contribution in [0.2, 0.25) is 0 Å². The predicted molar refractivity (Wildman–Crippen MR) is 124 cm³/mol. The van der Waals surface area contributed by atoms with Crippen LogP contribution in [0.5, 0.6) is 0 Å². The number of nitrogens with one attached hydrogen (secondary N) is 1. The summed E-state index contributed by atoms with van der Waals surface area (Å²) in [5, 5.41) is 3.06. The quantitative estimate of drug-likeness (QED) is 0.627. The van der Waals surface area contributed by atoms with Gasteiger partial charge in [-0.05, 0) is 75.6 Å². The molecule has 2 fully saturated rings. The third kappa shape index (κ3) is 5.53. The predicted octanol–water partition coefficient (Wildman–Crippen LogP) is 2.19. The Morgan fingerprint density at radius 3 is 2.50 bits per heavy atom. The van der Waals surface area contributed by atoms with E-state index in [0.717, 1.165) is 45.3 Å². The minimum Gasteiger partial charge on any atom is -0.373 e. The average molecular weight is 464 g/mol. The normalized spacial score (nSPS) is 25.6. The van der Waals surface area contributed by atoms with Gasteiger partial charge in [0.1, 0.15) is 0 Å². The monoisotopic (exact) mass is 463 g/mol. The fraction of sp³-hybridized carbons (Fsp3) is 0.708. The van der Waals surface area contributed by atoms with Crippen molar-refractivity contribution in [2.75, 3.05) is 39.3 Å². The minimum absolute atomic E-state index is 0.0586. The van der Waals surface area contributed by atoms with Crippen LogP contribution in [0.3, 0.4) is 0 Å². The Morgan fingerprint density at radius 2 is 1.78 bits per heavy atom. The van der Waals surface area contributed by atoms with Gasteiger partial charge in [0.2, 0.25) is 15.9 Å². The standard InChI is InChI=1S/C24H37N3O4S/c1-18-16-26(17-19(2)31-18)12-4-11-25-24(28)21-9-13-27(14-10-21)32(29,30)23-8-7-20-5-3-6-22(20)15-23/h7-8,15,18-19,21H,3-6,9-14,16-17H2,1-2H3,(H,25,28). The Kier molecular flexibility index (Phi) is 7.54. The number of ether oxygens (including phenoxy) is 1. The number of piperidine rings is 1. The van der Waals surface area contributed by atoms with Gasteiger partial charge in [0, 0.05) is 45.2 Å². The van der Waals surface area contributed by atoms with E-state index in [2.05, 4.69) is 24.1 Å². The van der Waals surface area contributed by atoms with E-state index in [9.17, 15) is 13.2 Å². The molecule has 4 rings (SSSR count). The molecule has 1 N–H and O–H groups in total. The van der Waals surface area contributed by atoms with Crippen molar-refractivity contribution in [2.24, 2.45) is 5.92 Å². The highest BCUT2D eigenvalue weighted by Crippen LogP contribution is 2.28. The van der Waals surface area contributed by atoms with E-state index >= 15 is 0 Å². The number of carbonyl (C=O) groups excluding carboxylic acids is 1. The van der Waals surface area contributed by atoms with E-state index in [1.807, 2.05) is 12.1 Å². The van der Waals surface area contributed by atoms with E-state index in [4.69, 9.17) is 4.74 Å². The number of morpholine rings is 1. The van der Waals surface area contributed by atoms with Crippen LogP contribution in [0, 0.1) is 5.92 Å². The van der Waals surface area contributed by atoms with Crippen molar-refractivity contribution in [1.29, 1.82) is 0 Å². The van der Waals surface area contributed by atoms with E-state index < -0.39 is 10.0 Å². The number of amides is 1. The van der Waals surface area contributed by atoms with Crippen LogP contribution in [-0.2, 0) is 32.4 Å². The molecule has 7 nitrogen and oxygen atoms in total. The lowest BCUT2D eigenvalue weighted by atomic mass is 9.97. The summed E-state index contributed by atoms with van der Waals surface area (Å²) < 4.78 is 33.5. The maximum atomic E-state index is 13.1. The number of fused-ring (bicyclic) bond motifs is 1. The molecule has 1 aromatic carbocycles. The van der Waals surface area contributed by atoms with Crippen LogP contribution in [0.25, 0.3) is 0 Å². The fourth-order valence-electron chi connectivity index (χ4n) is 5.34. The minimum atomic E-state index is -3.49. The molecule has 1 aliphatic carbocycles. The molecule has 32 heavy (non-hydrogen) atoms. The zero-order chi connectivity index (χ0) is 22.7. The molecular weight excluding hydrogens is 426 g/mol. The molecule has 2 atom stereocenters. The third-order valence-electron chi connectivity index (χ3n) is 6.98. The van der Waals surface area contributed by atoms with Gasteiger partial charge in [0.25, 0.3) is 0 Å². The zero-order valence-corrected chi connectivity index (χ0v) is 20.2. The van der Waals surface area contributed by atoms with Gasteiger partial charge in [0.05, 0.1) is 17.1 Å². The Balaban J connectivity index is 1.21. The summed E-state index contributed by atoms with van der Waals surface area (Å²) in [6.45, 7) is 8.50. The van der Waals surface area contributed by atoms with Crippen molar-refractivity contribution >= 4 is 15.9 Å². The number of benzene rings is 1. The Labute approximate surface area is 192 Å². The number of hydrogen-bond acceptors (Lipinski definition) is 5. The van der Waals surface area contributed by atoms with E-state index in [-0.39, 0.29) is 24.0 Å². The SMILES string of the molecule is CC1CN(CCCNC(=O)C2CCN(S(=O)(=O)c3ccc4c(c3)CCC4)CC2)CC(C)O1. The molecule has 0 spiro atoms. The molecule has 2 heterocycles. The number of hydrogen-bond donors (Lipinski definition) is 1. The second-order valence-corrected chi connectivity index (χ2v) is 11.6. The highest BCUT2D eigenvalue weighted by atomic mass is 32.2. The first kappa shape index (κ1) is 23.7. The summed E-state index contributed by atoms with van der Waals surface area (Å²) >= 11 is 0. The van der Waals surface area contributed by atoms with Gasteiger partial charge in [-0.15, -0.1) is 0 Å². The van der Waals surface area contributed by atoms with Gasteiger partial charge in [-0.1, -0.05) is 6.07 Å². The van der Waals surface area contributed by atoms with Gasteiger partial charge in [-0.25, -0.2) is 8.42 Å². The van der Waals surface area contributed by atoms with Crippen molar-refractivity contribution < 1.29 is 17.9 Å². The first-order valence-corrected chi connectivity index (χ1v) is 13.5. The molecular formula is C24H37N3O4S. The number of sulfonamides is 1. The molecule has 1 amide bonds. The highest BCUT2D eigenvalue weighted by molar-refractivity contribution is 7.89. The summed E-state index contributed by atoms with van der Waals surface area (Å²) in [5.41, 5.74) is 2.44. The van der Waals surface area contributed by atoms with Crippen molar-refractivity contribution in [2.45, 2.75) is 69.5 Å². The lowest BCUT2D eigenvalue weighted by molar-refractivity contribution is -0.126. The van der Waals surface area contributed by atoms with Crippen LogP contribution < -0.4 is 5.32 Å². The second kappa shape index (κ2) is 10.2. The summed E-state index contributed by atoms with van der Waals surface area (Å²) in [6.07, 6.45) is 5.69. The number of aryl methyl sites for hydroxylation is 2. The first-order valence-electron chi connectivity index (χ1n) is 12.1. The average Bonchev–Trinajstić information content (AvgIpc) is 3.24. The highest BCUT2D eigenvalue weighted by Gasteiger charge is 2.32. The smallest absolute Gasteiger partial charge is 0.243 e. The maximum Gasteiger partial charge on any atom is 0.243 e. The van der Waals surface area contributed by atoms with Crippen LogP contribution in [0.15, 0.2) is 23.1 Å². The van der Waals surface area contributed by atoms with Gasteiger partial charge < -0.3 is 10.1 Å². The Hall–Kier alpha value is -1.48. The van der Waals surface area contributed by atoms with Crippen LogP contribution in [-0.4, -0.2) is 75.0 Å². The molecule has 0 bridgehead atoms. The summed E-state index contributed by atoms with van der Waals surface area (Å²) in [5.74, 6) is -0.0480. The third-order valence-corrected chi connectivity index (χ3v) is 8.87. The van der Waals surface area contributed by atoms with E-state index in [1.54, 1.807) is 10.4 Å². The molecule has 2 aliphatic heterocycles. The van der Waals surface area contributed by atoms with E-state index in [1.165, 1.54) is 11.1 Å². The molecule has 0 radical (unpaired) electrons. The van der Waals surface area contributed by atoms with Gasteiger partial charge in [-0.3, -0.25) is 9.69 Å². The first-order chi connectivity index (χ1) is 15.3. The topological polar surface area (TPSA) is 79.0 Å². The maximum absolute atomic E-state index is 13.1. The second-order valence-electron chi connectivity index (χ2n) is 9.62. The number of nitrogens with zero attached hydrogens (tertiary/aromatic N) is 2. The molecule has 3 aliphatic rings. The zero-order valence-electron chi connectivity index (χ0n) is 19.4. The van der Waals surface area contributed by atoms with E-state index in [0.29, 0.717) is 37.4 Å². The Bertz CT molecular complexity index is 902. The molecule has 0 aromatic heterocycles. The van der Waals surface area contributed by atoms with Crippen LogP contribution >= 0.6 is 0 Å². The Morgan fingerprint density at radius 1 is 1.09 bits per heavy atom. The molecule has 8 heteroatoms. The van der Waals surface area contributed by atoms with Crippen LogP contribution in [0.1, 0.15) is 50.7 Å². The summed E-state index contributed by atoms with van der Waals surface area (Å²) in [4.78, 5) is 15.4. The van der Waals surface area contributed by atoms with Gasteiger partial charge in [0.15, 0.2) is 0 Å². The number of rotatable bonds is 7. The molecule has 178 valence electrons. The molecule has 1 aromatic rings. The summed E-state index contributed by atoms with van der Waals surface area (Å²) in [7, 11) is -3.49. The summed E-state index contributed by atoms with van der Waals surface area (Å²) in [6, 6.07) is 5.56. The van der Waals surface area contributed by atoms with Gasteiger partial charge >= 0.3 is 0 Å². The molecule has 2 unspecified atom stereocenters. The lowest BCUT2D eigenvalue weighted by Crippen LogP contribution is -2.46. The van der Waals surface area contributed by atoms with Crippen molar-refractivity contribution in [3.8, 4) is 0 Å².